The van der Waals surface area contributed by atoms with Gasteiger partial charge < -0.3 is 9.80 Å². The van der Waals surface area contributed by atoms with Crippen molar-refractivity contribution in [3.05, 3.63) is 80.8 Å². The van der Waals surface area contributed by atoms with Gasteiger partial charge in [0.05, 0.1) is 4.92 Å². The average molecular weight is 516 g/mol. The molecule has 2 aromatic carbocycles. The Morgan fingerprint density at radius 2 is 1.64 bits per heavy atom. The Kier molecular flexibility index (Phi) is 6.63. The van der Waals surface area contributed by atoms with Crippen LogP contribution in [-0.2, 0) is 0 Å². The summed E-state index contributed by atoms with van der Waals surface area (Å²) in [5.41, 5.74) is 5.91. The number of nitrogens with one attached hydrogen (secondary N) is 2. The number of hydrogen-bond acceptors (Lipinski definition) is 8. The van der Waals surface area contributed by atoms with Crippen molar-refractivity contribution < 1.29 is 14.1 Å². The lowest BCUT2D eigenvalue weighted by atomic mass is 10.2. The molecule has 170 valence electrons. The number of aromatic nitrogens is 2. The van der Waals surface area contributed by atoms with Crippen molar-refractivity contribution in [1.29, 1.82) is 0 Å². The summed E-state index contributed by atoms with van der Waals surface area (Å²) in [7, 11) is 0. The molecule has 2 heterocycles. The molecule has 1 fully saturated rings. The standard InChI is InChI=1S/C21H19BrFN7O3/c22-15-3-1-14(2-4-15)21(31)27-26-19-18(30(32)33)20(25-13-24-19)29-11-9-28(10-12-29)17-7-5-16(23)6-8-17/h1-8,13H,9-12H2,(H,27,31)(H,24,25,26). The molecule has 0 radical (unpaired) electrons. The normalized spacial score (nSPS) is 13.5. The minimum absolute atomic E-state index is 0.114. The molecule has 12 heteroatoms. The predicted molar refractivity (Wildman–Crippen MR) is 125 cm³/mol. The summed E-state index contributed by atoms with van der Waals surface area (Å²) >= 11 is 3.30. The van der Waals surface area contributed by atoms with Gasteiger partial charge in [-0.25, -0.2) is 14.4 Å². The summed E-state index contributed by atoms with van der Waals surface area (Å²) < 4.78 is 14.0. The molecule has 1 saturated heterocycles. The van der Waals surface area contributed by atoms with Crippen LogP contribution in [-0.4, -0.2) is 47.0 Å². The molecule has 0 aliphatic carbocycles. The Balaban J connectivity index is 1.47. The lowest BCUT2D eigenvalue weighted by Gasteiger charge is -2.36. The van der Waals surface area contributed by atoms with Crippen molar-refractivity contribution in [2.24, 2.45) is 0 Å². The molecule has 10 nitrogen and oxygen atoms in total. The van der Waals surface area contributed by atoms with Gasteiger partial charge in [0.25, 0.3) is 5.91 Å². The minimum atomic E-state index is -0.574. The molecule has 4 rings (SSSR count). The Bertz CT molecular complexity index is 1150. The minimum Gasteiger partial charge on any atom is -0.368 e. The summed E-state index contributed by atoms with van der Waals surface area (Å²) in [5, 5.41) is 11.9. The number of carbonyl (C=O) groups is 1. The van der Waals surface area contributed by atoms with Crippen LogP contribution < -0.4 is 20.7 Å². The highest BCUT2D eigenvalue weighted by molar-refractivity contribution is 9.10. The molecule has 1 amide bonds. The van der Waals surface area contributed by atoms with Crippen LogP contribution in [0.4, 0.5) is 27.4 Å². The number of rotatable bonds is 6. The molecular formula is C21H19BrFN7O3. The van der Waals surface area contributed by atoms with E-state index in [1.165, 1.54) is 18.5 Å². The first kappa shape index (κ1) is 22.4. The first-order chi connectivity index (χ1) is 15.9. The topological polar surface area (TPSA) is 117 Å². The van der Waals surface area contributed by atoms with Crippen LogP contribution >= 0.6 is 15.9 Å². The highest BCUT2D eigenvalue weighted by Gasteiger charge is 2.29. The maximum Gasteiger partial charge on any atom is 0.355 e. The number of hydrazine groups is 1. The molecule has 3 aromatic rings. The van der Waals surface area contributed by atoms with Crippen LogP contribution in [0.1, 0.15) is 10.4 Å². The fourth-order valence-corrected chi connectivity index (χ4v) is 3.74. The van der Waals surface area contributed by atoms with Crippen LogP contribution in [0.25, 0.3) is 0 Å². The predicted octanol–water partition coefficient (Wildman–Crippen LogP) is 3.37. The van der Waals surface area contributed by atoms with E-state index in [0.717, 1.165) is 10.2 Å². The Morgan fingerprint density at radius 3 is 2.27 bits per heavy atom. The summed E-state index contributed by atoms with van der Waals surface area (Å²) in [6.45, 7) is 2.10. The highest BCUT2D eigenvalue weighted by atomic mass is 79.9. The van der Waals surface area contributed by atoms with Crippen LogP contribution in [0, 0.1) is 15.9 Å². The molecule has 2 N–H and O–H groups in total. The van der Waals surface area contributed by atoms with E-state index in [2.05, 4.69) is 41.6 Å². The Labute approximate surface area is 196 Å². The van der Waals surface area contributed by atoms with E-state index in [1.54, 1.807) is 41.3 Å². The zero-order valence-corrected chi connectivity index (χ0v) is 18.8. The second-order valence-electron chi connectivity index (χ2n) is 7.19. The maximum absolute atomic E-state index is 13.2. The van der Waals surface area contributed by atoms with Gasteiger partial charge >= 0.3 is 5.69 Å². The summed E-state index contributed by atoms with van der Waals surface area (Å²) in [6, 6.07) is 12.9. The van der Waals surface area contributed by atoms with Crippen LogP contribution in [0.3, 0.4) is 0 Å². The number of hydrogen-bond donors (Lipinski definition) is 2. The summed E-state index contributed by atoms with van der Waals surface area (Å²) in [5.74, 6) is -0.725. The van der Waals surface area contributed by atoms with E-state index in [4.69, 9.17) is 0 Å². The van der Waals surface area contributed by atoms with Gasteiger partial charge in [-0.3, -0.25) is 25.8 Å². The number of nitrogens with zero attached hydrogens (tertiary/aromatic N) is 5. The van der Waals surface area contributed by atoms with Crippen molar-refractivity contribution in [2.45, 2.75) is 0 Å². The number of nitro groups is 1. The van der Waals surface area contributed by atoms with E-state index in [1.807, 2.05) is 0 Å². The van der Waals surface area contributed by atoms with Crippen LogP contribution in [0.2, 0.25) is 0 Å². The van der Waals surface area contributed by atoms with Crippen molar-refractivity contribution in [1.82, 2.24) is 15.4 Å². The smallest absolute Gasteiger partial charge is 0.355 e. The summed E-state index contributed by atoms with van der Waals surface area (Å²) in [4.78, 5) is 35.6. The van der Waals surface area contributed by atoms with Crippen molar-refractivity contribution in [3.8, 4) is 0 Å². The lowest BCUT2D eigenvalue weighted by Crippen LogP contribution is -2.47. The third kappa shape index (κ3) is 5.17. The number of amides is 1. The number of carbonyl (C=O) groups excluding carboxylic acids is 1. The van der Waals surface area contributed by atoms with E-state index in [9.17, 15) is 19.3 Å². The Morgan fingerprint density at radius 1 is 1.00 bits per heavy atom. The monoisotopic (exact) mass is 515 g/mol. The zero-order chi connectivity index (χ0) is 23.4. The maximum atomic E-state index is 13.2. The van der Waals surface area contributed by atoms with Crippen molar-refractivity contribution in [3.63, 3.8) is 0 Å². The van der Waals surface area contributed by atoms with Crippen molar-refractivity contribution >= 4 is 44.8 Å². The zero-order valence-electron chi connectivity index (χ0n) is 17.2. The van der Waals surface area contributed by atoms with Gasteiger partial charge in [0.15, 0.2) is 0 Å². The number of piperazine rings is 1. The van der Waals surface area contributed by atoms with Crippen LogP contribution in [0.15, 0.2) is 59.3 Å². The van der Waals surface area contributed by atoms with Crippen molar-refractivity contribution in [2.75, 3.05) is 41.4 Å². The molecule has 1 aliphatic rings. The van der Waals surface area contributed by atoms with Gasteiger partial charge in [0, 0.05) is 41.9 Å². The molecule has 0 saturated carbocycles. The molecule has 1 aliphatic heterocycles. The first-order valence-electron chi connectivity index (χ1n) is 9.99. The number of halogens is 2. The van der Waals surface area contributed by atoms with Gasteiger partial charge in [-0.15, -0.1) is 0 Å². The van der Waals surface area contributed by atoms with Gasteiger partial charge in [0.2, 0.25) is 11.6 Å². The fraction of sp³-hybridized carbons (Fsp3) is 0.190. The Hall–Kier alpha value is -3.80. The second kappa shape index (κ2) is 9.77. The van der Waals surface area contributed by atoms with E-state index in [0.29, 0.717) is 31.7 Å². The largest absolute Gasteiger partial charge is 0.368 e. The average Bonchev–Trinajstić information content (AvgIpc) is 2.83. The van der Waals surface area contributed by atoms with E-state index in [-0.39, 0.29) is 23.1 Å². The molecule has 0 spiro atoms. The molecular weight excluding hydrogens is 497 g/mol. The SMILES string of the molecule is O=C(NNc1ncnc(N2CCN(c3ccc(F)cc3)CC2)c1[N+](=O)[O-])c1ccc(Br)cc1. The molecule has 0 bridgehead atoms. The molecule has 0 unspecified atom stereocenters. The highest BCUT2D eigenvalue weighted by Crippen LogP contribution is 2.32. The van der Waals surface area contributed by atoms with E-state index < -0.39 is 10.8 Å². The third-order valence-corrected chi connectivity index (χ3v) is 5.69. The third-order valence-electron chi connectivity index (χ3n) is 5.16. The lowest BCUT2D eigenvalue weighted by molar-refractivity contribution is -0.383. The number of benzene rings is 2. The van der Waals surface area contributed by atoms with Gasteiger partial charge in [-0.2, -0.15) is 0 Å². The first-order valence-corrected chi connectivity index (χ1v) is 10.8. The molecule has 33 heavy (non-hydrogen) atoms. The van der Waals surface area contributed by atoms with Gasteiger partial charge in [0.1, 0.15) is 12.1 Å². The fourth-order valence-electron chi connectivity index (χ4n) is 3.48. The summed E-state index contributed by atoms with van der Waals surface area (Å²) in [6.07, 6.45) is 1.21. The van der Waals surface area contributed by atoms with Crippen LogP contribution in [0.5, 0.6) is 0 Å². The quantitative estimate of drug-likeness (QED) is 0.379. The molecule has 1 aromatic heterocycles. The van der Waals surface area contributed by atoms with E-state index >= 15 is 0 Å². The van der Waals surface area contributed by atoms with Gasteiger partial charge in [-0.05, 0) is 48.5 Å². The van der Waals surface area contributed by atoms with Gasteiger partial charge in [-0.1, -0.05) is 15.9 Å². The second-order valence-corrected chi connectivity index (χ2v) is 8.10. The molecule has 0 atom stereocenters. The number of anilines is 3.